The van der Waals surface area contributed by atoms with E-state index in [1.807, 2.05) is 0 Å². The van der Waals surface area contributed by atoms with Gasteiger partial charge in [0, 0.05) is 0 Å². The van der Waals surface area contributed by atoms with Crippen LogP contribution in [0.4, 0.5) is 0 Å². The second kappa shape index (κ2) is 7.46. The number of hydrogen-bond donors (Lipinski definition) is 3. The van der Waals surface area contributed by atoms with Crippen molar-refractivity contribution in [3.8, 4) is 0 Å². The molecular weight excluding hydrogens is 184 g/mol. The number of hydrogen-bond acceptors (Lipinski definition) is 4. The van der Waals surface area contributed by atoms with Crippen LogP contribution in [-0.4, -0.2) is 36.0 Å². The molecular formula is C9H18N2O3. The minimum Gasteiger partial charge on any atom is -0.480 e. The van der Waals surface area contributed by atoms with Crippen molar-refractivity contribution >= 4 is 11.8 Å². The zero-order chi connectivity index (χ0) is 11.0. The maximum Gasteiger partial charge on any atom is 0.320 e. The molecule has 0 bridgehead atoms. The summed E-state index contributed by atoms with van der Waals surface area (Å²) < 4.78 is 0. The fraction of sp³-hybridized carbons (Fsp3) is 0.778. The number of nitrogens with two attached hydrogens (primary N) is 1. The van der Waals surface area contributed by atoms with Crippen LogP contribution in [-0.2, 0) is 9.59 Å². The van der Waals surface area contributed by atoms with Crippen LogP contribution < -0.4 is 11.1 Å². The van der Waals surface area contributed by atoms with Crippen LogP contribution in [0.15, 0.2) is 0 Å². The van der Waals surface area contributed by atoms with E-state index in [9.17, 15) is 9.59 Å². The molecule has 5 heteroatoms. The van der Waals surface area contributed by atoms with Gasteiger partial charge in [0.2, 0.25) is 0 Å². The second-order valence-corrected chi connectivity index (χ2v) is 3.26. The maximum atomic E-state index is 10.7. The molecule has 0 saturated heterocycles. The highest BCUT2D eigenvalue weighted by Gasteiger charge is 2.15. The first kappa shape index (κ1) is 13.1. The quantitative estimate of drug-likeness (QED) is 0.472. The van der Waals surface area contributed by atoms with Crippen LogP contribution >= 0.6 is 0 Å². The third-order valence-electron chi connectivity index (χ3n) is 1.84. The normalized spacial score (nSPS) is 12.4. The minimum absolute atomic E-state index is 0.0601. The average Bonchev–Trinajstić information content (AvgIpc) is 2.10. The van der Waals surface area contributed by atoms with E-state index in [0.29, 0.717) is 13.0 Å². The number of unbranched alkanes of at least 4 members (excludes halogenated alkanes) is 1. The third kappa shape index (κ3) is 6.56. The van der Waals surface area contributed by atoms with E-state index < -0.39 is 12.0 Å². The van der Waals surface area contributed by atoms with Crippen molar-refractivity contribution in [2.45, 2.75) is 32.2 Å². The number of aliphatic carboxylic acids is 1. The van der Waals surface area contributed by atoms with Gasteiger partial charge >= 0.3 is 5.97 Å². The summed E-state index contributed by atoms with van der Waals surface area (Å²) >= 11 is 0. The summed E-state index contributed by atoms with van der Waals surface area (Å²) in [5.41, 5.74) is 5.29. The Hall–Kier alpha value is -0.940. The largest absolute Gasteiger partial charge is 0.480 e. The highest BCUT2D eigenvalue weighted by atomic mass is 16.4. The Balaban J connectivity index is 3.78. The van der Waals surface area contributed by atoms with Crippen molar-refractivity contribution in [2.24, 2.45) is 5.73 Å². The molecule has 0 aromatic carbocycles. The van der Waals surface area contributed by atoms with E-state index in [1.165, 1.54) is 6.92 Å². The Morgan fingerprint density at radius 2 is 2.07 bits per heavy atom. The molecule has 82 valence electrons. The Bertz CT molecular complexity index is 194. The smallest absolute Gasteiger partial charge is 0.320 e. The molecule has 0 heterocycles. The summed E-state index contributed by atoms with van der Waals surface area (Å²) in [6.45, 7) is 2.10. The Kier molecular flexibility index (Phi) is 6.96. The molecule has 0 aliphatic rings. The topological polar surface area (TPSA) is 92.4 Å². The molecule has 0 fully saturated rings. The van der Waals surface area contributed by atoms with Crippen molar-refractivity contribution in [3.63, 3.8) is 0 Å². The van der Waals surface area contributed by atoms with Crippen LogP contribution in [0, 0.1) is 0 Å². The lowest BCUT2D eigenvalue weighted by molar-refractivity contribution is -0.139. The van der Waals surface area contributed by atoms with E-state index in [2.05, 4.69) is 5.32 Å². The highest BCUT2D eigenvalue weighted by molar-refractivity contribution is 5.79. The molecule has 0 rings (SSSR count). The molecule has 0 spiro atoms. The van der Waals surface area contributed by atoms with Crippen molar-refractivity contribution in [1.82, 2.24) is 5.32 Å². The van der Waals surface area contributed by atoms with E-state index in [1.54, 1.807) is 0 Å². The van der Waals surface area contributed by atoms with Crippen molar-refractivity contribution in [2.75, 3.05) is 13.1 Å². The fourth-order valence-corrected chi connectivity index (χ4v) is 1.07. The summed E-state index contributed by atoms with van der Waals surface area (Å²) in [6, 6.07) is -0.634. The molecule has 1 atom stereocenters. The van der Waals surface area contributed by atoms with Gasteiger partial charge in [-0.1, -0.05) is 6.42 Å². The van der Waals surface area contributed by atoms with Gasteiger partial charge in [-0.15, -0.1) is 0 Å². The molecule has 0 aromatic rings. The summed E-state index contributed by atoms with van der Waals surface area (Å²) in [7, 11) is 0. The van der Waals surface area contributed by atoms with Gasteiger partial charge in [-0.25, -0.2) is 0 Å². The van der Waals surface area contributed by atoms with Crippen LogP contribution in [0.25, 0.3) is 0 Å². The van der Waals surface area contributed by atoms with Gasteiger partial charge < -0.3 is 10.8 Å². The van der Waals surface area contributed by atoms with Gasteiger partial charge in [0.25, 0.3) is 0 Å². The Labute approximate surface area is 83.7 Å². The monoisotopic (exact) mass is 202 g/mol. The van der Waals surface area contributed by atoms with Crippen LogP contribution in [0.3, 0.4) is 0 Å². The lowest BCUT2D eigenvalue weighted by atomic mass is 10.1. The van der Waals surface area contributed by atoms with Crippen LogP contribution in [0.5, 0.6) is 0 Å². The molecule has 14 heavy (non-hydrogen) atoms. The molecule has 5 nitrogen and oxygen atoms in total. The standard InChI is InChI=1S/C9H18N2O3/c1-7(12)6-11-8(9(13)14)4-2-3-5-10/h8,11H,2-6,10H2,1H3,(H,13,14)/t8-/m0/s1. The predicted octanol–water partition coefficient (Wildman–Crippen LogP) is -0.253. The lowest BCUT2D eigenvalue weighted by Crippen LogP contribution is -2.39. The summed E-state index contributed by atoms with van der Waals surface area (Å²) in [6.07, 6.45) is 2.09. The average molecular weight is 202 g/mol. The van der Waals surface area contributed by atoms with E-state index in [0.717, 1.165) is 12.8 Å². The summed E-state index contributed by atoms with van der Waals surface area (Å²) in [5.74, 6) is -0.974. The highest BCUT2D eigenvalue weighted by Crippen LogP contribution is 2.00. The molecule has 0 saturated carbocycles. The Morgan fingerprint density at radius 3 is 2.50 bits per heavy atom. The number of ketones is 1. The molecule has 0 radical (unpaired) electrons. The van der Waals surface area contributed by atoms with Gasteiger partial charge in [-0.05, 0) is 26.3 Å². The third-order valence-corrected chi connectivity index (χ3v) is 1.84. The van der Waals surface area contributed by atoms with Crippen molar-refractivity contribution < 1.29 is 14.7 Å². The van der Waals surface area contributed by atoms with Gasteiger partial charge in [-0.3, -0.25) is 14.9 Å². The molecule has 0 aliphatic carbocycles. The molecule has 0 amide bonds. The van der Waals surface area contributed by atoms with E-state index in [4.69, 9.17) is 10.8 Å². The minimum atomic E-state index is -0.914. The number of rotatable bonds is 8. The summed E-state index contributed by atoms with van der Waals surface area (Å²) in [4.78, 5) is 21.3. The molecule has 0 aliphatic heterocycles. The maximum absolute atomic E-state index is 10.7. The molecule has 0 aromatic heterocycles. The molecule has 4 N–H and O–H groups in total. The van der Waals surface area contributed by atoms with Crippen molar-refractivity contribution in [1.29, 1.82) is 0 Å². The predicted molar refractivity (Wildman–Crippen MR) is 53.0 cm³/mol. The second-order valence-electron chi connectivity index (χ2n) is 3.26. The number of carbonyl (C=O) groups is 2. The fourth-order valence-electron chi connectivity index (χ4n) is 1.07. The number of carbonyl (C=O) groups excluding carboxylic acids is 1. The first-order valence-corrected chi connectivity index (χ1v) is 4.73. The zero-order valence-corrected chi connectivity index (χ0v) is 8.45. The first-order chi connectivity index (χ1) is 6.57. The number of nitrogens with one attached hydrogen (secondary N) is 1. The number of carboxylic acid groups (broad SMARTS) is 1. The van der Waals surface area contributed by atoms with Gasteiger partial charge in [0.05, 0.1) is 6.54 Å². The summed E-state index contributed by atoms with van der Waals surface area (Å²) in [5, 5.41) is 11.5. The van der Waals surface area contributed by atoms with Crippen molar-refractivity contribution in [3.05, 3.63) is 0 Å². The van der Waals surface area contributed by atoms with E-state index >= 15 is 0 Å². The molecule has 0 unspecified atom stereocenters. The first-order valence-electron chi connectivity index (χ1n) is 4.73. The van der Waals surface area contributed by atoms with Gasteiger partial charge in [0.15, 0.2) is 0 Å². The van der Waals surface area contributed by atoms with Gasteiger partial charge in [-0.2, -0.15) is 0 Å². The Morgan fingerprint density at radius 1 is 1.43 bits per heavy atom. The number of carboxylic acids is 1. The SMILES string of the molecule is CC(=O)CN[C@@H](CCCCN)C(=O)O. The van der Waals surface area contributed by atoms with Crippen LogP contribution in [0.2, 0.25) is 0 Å². The number of Topliss-reactive ketones (excluding diaryl/α,β-unsaturated/α-hetero) is 1. The lowest BCUT2D eigenvalue weighted by Gasteiger charge is -2.12. The zero-order valence-electron chi connectivity index (χ0n) is 8.45. The van der Waals surface area contributed by atoms with Gasteiger partial charge in [0.1, 0.15) is 11.8 Å². The van der Waals surface area contributed by atoms with E-state index in [-0.39, 0.29) is 12.3 Å². The van der Waals surface area contributed by atoms with Crippen LogP contribution in [0.1, 0.15) is 26.2 Å².